The Balaban J connectivity index is 1.10. The monoisotopic (exact) mass is 640 g/mol. The van der Waals surface area contributed by atoms with E-state index in [0.717, 1.165) is 0 Å². The summed E-state index contributed by atoms with van der Waals surface area (Å²) < 4.78 is 7.46. The first-order valence-electron chi connectivity index (χ1n) is 16.8. The summed E-state index contributed by atoms with van der Waals surface area (Å²) in [5.74, 6) is 0. The Morgan fingerprint density at radius 3 is 1.90 bits per heavy atom. The molecule has 0 N–H and O–H groups in total. The Labute approximate surface area is 286 Å². The minimum Gasteiger partial charge on any atom is -0.309 e. The molecule has 0 aliphatic carbocycles. The van der Waals surface area contributed by atoms with Crippen molar-refractivity contribution in [3.63, 3.8) is 0 Å². The van der Waals surface area contributed by atoms with Gasteiger partial charge in [0.2, 0.25) is 0 Å². The molecule has 49 heavy (non-hydrogen) atoms. The molecule has 2 aliphatic rings. The van der Waals surface area contributed by atoms with E-state index < -0.39 is 0 Å². The number of fused-ring (bicyclic) bond motifs is 7. The lowest BCUT2D eigenvalue weighted by Crippen LogP contribution is -2.04. The van der Waals surface area contributed by atoms with Gasteiger partial charge in [0.1, 0.15) is 0 Å². The first kappa shape index (κ1) is 26.9. The zero-order valence-electron chi connectivity index (χ0n) is 26.5. The van der Waals surface area contributed by atoms with Crippen molar-refractivity contribution in [3.05, 3.63) is 170 Å². The summed E-state index contributed by atoms with van der Waals surface area (Å²) in [4.78, 5) is 0. The molecular weight excluding hydrogens is 613 g/mol. The fourth-order valence-corrected chi connectivity index (χ4v) is 9.19. The zero-order valence-corrected chi connectivity index (χ0v) is 27.3. The van der Waals surface area contributed by atoms with Crippen molar-refractivity contribution in [2.24, 2.45) is 0 Å². The summed E-state index contributed by atoms with van der Waals surface area (Å²) in [6.45, 7) is 0. The van der Waals surface area contributed by atoms with Gasteiger partial charge in [0.25, 0.3) is 0 Å². The summed E-state index contributed by atoms with van der Waals surface area (Å²) in [5, 5.41) is 7.75. The van der Waals surface area contributed by atoms with Crippen LogP contribution in [-0.4, -0.2) is 9.13 Å². The van der Waals surface area contributed by atoms with Crippen LogP contribution in [0.15, 0.2) is 170 Å². The van der Waals surface area contributed by atoms with Gasteiger partial charge in [-0.15, -0.1) is 11.3 Å². The van der Waals surface area contributed by atoms with Crippen molar-refractivity contribution in [1.29, 1.82) is 0 Å². The van der Waals surface area contributed by atoms with Gasteiger partial charge in [-0.25, -0.2) is 0 Å². The van der Waals surface area contributed by atoms with Crippen molar-refractivity contribution in [1.82, 2.24) is 9.13 Å². The Hall–Kier alpha value is -6.16. The molecule has 228 valence electrons. The first-order chi connectivity index (χ1) is 24.3. The van der Waals surface area contributed by atoms with Gasteiger partial charge >= 0.3 is 0 Å². The van der Waals surface area contributed by atoms with Crippen LogP contribution in [0.3, 0.4) is 0 Å². The van der Waals surface area contributed by atoms with Crippen molar-refractivity contribution in [3.8, 4) is 33.6 Å². The highest BCUT2D eigenvalue weighted by molar-refractivity contribution is 7.24. The molecule has 0 amide bonds. The maximum Gasteiger partial charge on any atom is 0.0713 e. The number of pyridine rings is 1. The third-order valence-corrected chi connectivity index (χ3v) is 11.4. The van der Waals surface area contributed by atoms with E-state index in [2.05, 4.69) is 179 Å². The first-order valence-corrected chi connectivity index (χ1v) is 17.6. The van der Waals surface area contributed by atoms with Gasteiger partial charge in [-0.3, -0.25) is 0 Å². The van der Waals surface area contributed by atoms with Gasteiger partial charge in [-0.05, 0) is 93.7 Å². The van der Waals surface area contributed by atoms with E-state index in [1.807, 2.05) is 11.3 Å². The van der Waals surface area contributed by atoms with Gasteiger partial charge in [-0.1, -0.05) is 109 Å². The molecule has 0 radical (unpaired) electrons. The lowest BCUT2D eigenvalue weighted by Gasteiger charge is -2.23. The molecular formula is C46H28N2S. The topological polar surface area (TPSA) is 9.86 Å². The molecule has 0 fully saturated rings. The Kier molecular flexibility index (Phi) is 5.57. The Morgan fingerprint density at radius 1 is 0.347 bits per heavy atom. The number of para-hydroxylation sites is 3. The Bertz CT molecular complexity index is 3040. The number of aromatic nitrogens is 2. The van der Waals surface area contributed by atoms with Crippen LogP contribution in [0, 0.1) is 0 Å². The minimum absolute atomic E-state index is 1.18. The van der Waals surface area contributed by atoms with E-state index in [1.165, 1.54) is 97.4 Å². The zero-order chi connectivity index (χ0) is 32.1. The van der Waals surface area contributed by atoms with Crippen molar-refractivity contribution in [2.45, 2.75) is 0 Å². The number of rotatable bonds is 3. The minimum atomic E-state index is 1.18. The second kappa shape index (κ2) is 10.2. The summed E-state index contributed by atoms with van der Waals surface area (Å²) in [5.41, 5.74) is 12.3. The summed E-state index contributed by atoms with van der Waals surface area (Å²) in [6.07, 6.45) is 0. The fourth-order valence-electron chi connectivity index (χ4n) is 8.12. The average molecular weight is 641 g/mol. The van der Waals surface area contributed by atoms with E-state index in [9.17, 15) is 0 Å². The summed E-state index contributed by atoms with van der Waals surface area (Å²) in [6, 6.07) is 62.5. The van der Waals surface area contributed by atoms with Gasteiger partial charge < -0.3 is 9.13 Å². The van der Waals surface area contributed by atoms with E-state index in [4.69, 9.17) is 0 Å². The largest absolute Gasteiger partial charge is 0.309 e. The normalized spacial score (nSPS) is 12.1. The third kappa shape index (κ3) is 3.88. The molecule has 2 aliphatic heterocycles. The summed E-state index contributed by atoms with van der Waals surface area (Å²) >= 11 is 1.88. The molecule has 0 bridgehead atoms. The highest BCUT2D eigenvalue weighted by Crippen LogP contribution is 2.44. The van der Waals surface area contributed by atoms with Gasteiger partial charge in [0.05, 0.1) is 37.2 Å². The second-order valence-electron chi connectivity index (χ2n) is 13.0. The lowest BCUT2D eigenvalue weighted by molar-refractivity contribution is 1.18. The van der Waals surface area contributed by atoms with Crippen LogP contribution in [0.2, 0.25) is 0 Å². The quantitative estimate of drug-likeness (QED) is 0.134. The maximum atomic E-state index is 2.51. The predicted octanol–water partition coefficient (Wildman–Crippen LogP) is 13.0. The van der Waals surface area contributed by atoms with Gasteiger partial charge in [0, 0.05) is 27.2 Å². The van der Waals surface area contributed by atoms with Crippen molar-refractivity contribution >= 4 is 75.1 Å². The number of hydrogen-bond donors (Lipinski definition) is 0. The van der Waals surface area contributed by atoms with Crippen LogP contribution in [0.1, 0.15) is 0 Å². The smallest absolute Gasteiger partial charge is 0.0713 e. The van der Waals surface area contributed by atoms with E-state index >= 15 is 0 Å². The lowest BCUT2D eigenvalue weighted by atomic mass is 9.97. The van der Waals surface area contributed by atoms with Crippen LogP contribution in [0.25, 0.3) is 97.4 Å². The molecule has 9 aromatic rings. The molecule has 11 rings (SSSR count). The van der Waals surface area contributed by atoms with Crippen molar-refractivity contribution in [2.75, 3.05) is 0 Å². The molecule has 0 saturated carbocycles. The number of hydrogen-bond acceptors (Lipinski definition) is 1. The highest BCUT2D eigenvalue weighted by atomic mass is 32.1. The number of benzene rings is 8. The average Bonchev–Trinajstić information content (AvgIpc) is 3.50. The molecule has 8 aromatic carbocycles. The fraction of sp³-hybridized carbons (Fsp3) is 0. The molecule has 0 saturated heterocycles. The van der Waals surface area contributed by atoms with Gasteiger partial charge in [-0.2, -0.15) is 0 Å². The van der Waals surface area contributed by atoms with Crippen LogP contribution >= 0.6 is 11.3 Å². The molecule has 0 spiro atoms. The number of nitrogens with zero attached hydrogens (tertiary/aromatic N) is 2. The summed E-state index contributed by atoms with van der Waals surface area (Å²) in [7, 11) is 0. The maximum absolute atomic E-state index is 2.51. The van der Waals surface area contributed by atoms with Crippen LogP contribution in [0.4, 0.5) is 0 Å². The van der Waals surface area contributed by atoms with E-state index in [-0.39, 0.29) is 0 Å². The molecule has 0 atom stereocenters. The van der Waals surface area contributed by atoms with Crippen LogP contribution < -0.4 is 0 Å². The molecule has 0 unspecified atom stereocenters. The second-order valence-corrected chi connectivity index (χ2v) is 14.0. The van der Waals surface area contributed by atoms with Crippen LogP contribution in [-0.2, 0) is 0 Å². The van der Waals surface area contributed by atoms with Gasteiger partial charge in [0.15, 0.2) is 0 Å². The molecule has 3 heteroatoms. The van der Waals surface area contributed by atoms with E-state index in [1.54, 1.807) is 0 Å². The molecule has 3 heterocycles. The third-order valence-electron chi connectivity index (χ3n) is 10.3. The SMILES string of the molecule is c1ccc(-n2c3ccccc3c3cc(-c4cccc(-c5ccc6sc7cccc8c7-n(c6c5)c5cccc6cccc8c65)c4)ccc32)cc1. The van der Waals surface area contributed by atoms with E-state index in [0.29, 0.717) is 0 Å². The highest BCUT2D eigenvalue weighted by Gasteiger charge is 2.20. The van der Waals surface area contributed by atoms with Crippen molar-refractivity contribution < 1.29 is 0 Å². The predicted molar refractivity (Wildman–Crippen MR) is 210 cm³/mol. The Morgan fingerprint density at radius 2 is 1.00 bits per heavy atom. The molecule has 2 nitrogen and oxygen atoms in total. The molecule has 1 aromatic heterocycles. The standard InChI is InChI=1S/C46H28N2S/c1-2-14-34(15-3-1)47-39-19-5-4-16-35(39)38-27-32(22-24-40(38)47)30-12-6-13-31(26-30)33-23-25-43-42(28-33)48-41-20-8-11-29-10-7-17-36(45(29)41)37-18-9-21-44(49-43)46(37)48/h1-28H. The van der Waals surface area contributed by atoms with Crippen LogP contribution in [0.5, 0.6) is 0 Å².